The summed E-state index contributed by atoms with van der Waals surface area (Å²) in [6.07, 6.45) is 2.35. The molecule has 1 amide bonds. The minimum absolute atomic E-state index is 0.0872. The van der Waals surface area contributed by atoms with Crippen molar-refractivity contribution in [1.29, 1.82) is 0 Å². The normalized spacial score (nSPS) is 17.8. The van der Waals surface area contributed by atoms with Crippen molar-refractivity contribution < 1.29 is 14.3 Å². The summed E-state index contributed by atoms with van der Waals surface area (Å²) in [5.74, 6) is 0.403. The smallest absolute Gasteiger partial charge is 0.270 e. The Labute approximate surface area is 170 Å². The molecule has 1 saturated heterocycles. The van der Waals surface area contributed by atoms with Crippen molar-refractivity contribution in [2.45, 2.75) is 25.1 Å². The summed E-state index contributed by atoms with van der Waals surface area (Å²) in [4.78, 5) is 23.1. The molecule has 0 aliphatic carbocycles. The van der Waals surface area contributed by atoms with E-state index in [1.807, 2.05) is 0 Å². The summed E-state index contributed by atoms with van der Waals surface area (Å²) >= 11 is 0. The maximum Gasteiger partial charge on any atom is 0.270 e. The van der Waals surface area contributed by atoms with Crippen LogP contribution in [0.1, 0.15) is 21.6 Å². The zero-order valence-electron chi connectivity index (χ0n) is 16.6. The Morgan fingerprint density at radius 2 is 2.14 bits per heavy atom. The van der Waals surface area contributed by atoms with E-state index in [-0.39, 0.29) is 18.1 Å². The Morgan fingerprint density at radius 1 is 1.31 bits per heavy atom. The van der Waals surface area contributed by atoms with Crippen molar-refractivity contribution in [3.63, 3.8) is 0 Å². The van der Waals surface area contributed by atoms with Gasteiger partial charge in [-0.2, -0.15) is 0 Å². The molecule has 154 valence electrons. The van der Waals surface area contributed by atoms with Crippen molar-refractivity contribution >= 4 is 11.7 Å². The third kappa shape index (κ3) is 5.09. The van der Waals surface area contributed by atoms with Crippen molar-refractivity contribution in [2.24, 2.45) is 0 Å². The highest BCUT2D eigenvalue weighted by Crippen LogP contribution is 2.18. The first-order valence-corrected chi connectivity index (χ1v) is 9.97. The molecule has 0 spiro atoms. The van der Waals surface area contributed by atoms with Crippen molar-refractivity contribution in [3.8, 4) is 0 Å². The zero-order chi connectivity index (χ0) is 20.1. The number of nitrogens with one attached hydrogen (secondary N) is 2. The summed E-state index contributed by atoms with van der Waals surface area (Å²) in [6.45, 7) is 4.41. The van der Waals surface area contributed by atoms with Crippen molar-refractivity contribution in [3.05, 3.63) is 53.5 Å². The number of nitrogens with zero attached hydrogens (tertiary/aromatic N) is 3. The van der Waals surface area contributed by atoms with Gasteiger partial charge in [-0.15, -0.1) is 0 Å². The Kier molecular flexibility index (Phi) is 6.33. The van der Waals surface area contributed by atoms with E-state index < -0.39 is 0 Å². The molecular weight excluding hydrogens is 370 g/mol. The summed E-state index contributed by atoms with van der Waals surface area (Å²) in [5.41, 5.74) is 3.13. The largest absolute Gasteiger partial charge is 0.378 e. The van der Waals surface area contributed by atoms with Crippen LogP contribution in [0.15, 0.2) is 36.7 Å². The fourth-order valence-corrected chi connectivity index (χ4v) is 3.61. The van der Waals surface area contributed by atoms with E-state index in [0.29, 0.717) is 31.3 Å². The lowest BCUT2D eigenvalue weighted by Gasteiger charge is -2.31. The number of anilines is 1. The standard InChI is InChI=1S/C21H27N5O3/c1-28-18(11-26-7-6-15-4-2-3-5-16(15)10-26)9-22-21(27)19-8-20(24-14-23-19)25-17-12-29-13-17/h2-5,8,14,17-18H,6-7,9-13H2,1H3,(H,22,27)(H,23,24,25). The van der Waals surface area contributed by atoms with E-state index in [2.05, 4.69) is 49.8 Å². The van der Waals surface area contributed by atoms with Crippen LogP contribution in [0.3, 0.4) is 0 Å². The van der Waals surface area contributed by atoms with Gasteiger partial charge >= 0.3 is 0 Å². The number of carbonyl (C=O) groups is 1. The van der Waals surface area contributed by atoms with Crippen LogP contribution in [-0.2, 0) is 22.4 Å². The molecule has 1 aromatic heterocycles. The molecule has 1 aromatic carbocycles. The molecule has 8 heteroatoms. The number of methoxy groups -OCH3 is 1. The van der Waals surface area contributed by atoms with Crippen LogP contribution >= 0.6 is 0 Å². The summed E-state index contributed by atoms with van der Waals surface area (Å²) in [7, 11) is 1.68. The lowest BCUT2D eigenvalue weighted by atomic mass is 10.00. The Balaban J connectivity index is 1.28. The Morgan fingerprint density at radius 3 is 2.90 bits per heavy atom. The number of hydrogen-bond acceptors (Lipinski definition) is 7. The van der Waals surface area contributed by atoms with E-state index >= 15 is 0 Å². The van der Waals surface area contributed by atoms with Crippen LogP contribution in [-0.4, -0.2) is 72.9 Å². The highest BCUT2D eigenvalue weighted by Gasteiger charge is 2.21. The second kappa shape index (κ2) is 9.30. The van der Waals surface area contributed by atoms with Crippen molar-refractivity contribution in [1.82, 2.24) is 20.2 Å². The topological polar surface area (TPSA) is 88.6 Å². The summed E-state index contributed by atoms with van der Waals surface area (Å²) < 4.78 is 10.8. The molecule has 0 bridgehead atoms. The van der Waals surface area contributed by atoms with Gasteiger partial charge in [-0.05, 0) is 17.5 Å². The van der Waals surface area contributed by atoms with Crippen LogP contribution < -0.4 is 10.6 Å². The monoisotopic (exact) mass is 397 g/mol. The predicted molar refractivity (Wildman–Crippen MR) is 109 cm³/mol. The zero-order valence-corrected chi connectivity index (χ0v) is 16.6. The molecule has 1 fully saturated rings. The quantitative estimate of drug-likeness (QED) is 0.689. The lowest BCUT2D eigenvalue weighted by Crippen LogP contribution is -2.43. The van der Waals surface area contributed by atoms with E-state index in [0.717, 1.165) is 26.1 Å². The lowest BCUT2D eigenvalue weighted by molar-refractivity contribution is 0.0209. The van der Waals surface area contributed by atoms with E-state index in [1.165, 1.54) is 17.5 Å². The van der Waals surface area contributed by atoms with Crippen LogP contribution in [0.2, 0.25) is 0 Å². The number of aromatic nitrogens is 2. The second-order valence-electron chi connectivity index (χ2n) is 7.49. The van der Waals surface area contributed by atoms with Gasteiger partial charge in [-0.1, -0.05) is 24.3 Å². The number of rotatable bonds is 8. The highest BCUT2D eigenvalue weighted by molar-refractivity contribution is 5.92. The molecule has 2 aliphatic rings. The van der Waals surface area contributed by atoms with Gasteiger partial charge in [0.05, 0.1) is 25.4 Å². The fourth-order valence-electron chi connectivity index (χ4n) is 3.61. The molecule has 1 unspecified atom stereocenters. The molecule has 2 aromatic rings. The first-order valence-electron chi connectivity index (χ1n) is 9.97. The molecule has 29 heavy (non-hydrogen) atoms. The molecule has 2 aliphatic heterocycles. The van der Waals surface area contributed by atoms with Gasteiger partial charge in [0, 0.05) is 39.4 Å². The number of carbonyl (C=O) groups excluding carboxylic acids is 1. The van der Waals surface area contributed by atoms with Gasteiger partial charge in [0.15, 0.2) is 0 Å². The Hall–Kier alpha value is -2.55. The summed E-state index contributed by atoms with van der Waals surface area (Å²) in [6, 6.07) is 10.5. The van der Waals surface area contributed by atoms with Crippen LogP contribution in [0.25, 0.3) is 0 Å². The number of fused-ring (bicyclic) bond motifs is 1. The van der Waals surface area contributed by atoms with Crippen LogP contribution in [0.5, 0.6) is 0 Å². The van der Waals surface area contributed by atoms with Gasteiger partial charge in [0.25, 0.3) is 5.91 Å². The highest BCUT2D eigenvalue weighted by atomic mass is 16.5. The van der Waals surface area contributed by atoms with Gasteiger partial charge in [-0.25, -0.2) is 9.97 Å². The molecule has 1 atom stereocenters. The summed E-state index contributed by atoms with van der Waals surface area (Å²) in [5, 5.41) is 6.16. The third-order valence-electron chi connectivity index (χ3n) is 5.38. The number of ether oxygens (including phenoxy) is 2. The number of hydrogen-bond donors (Lipinski definition) is 2. The van der Waals surface area contributed by atoms with E-state index in [1.54, 1.807) is 13.2 Å². The average Bonchev–Trinajstić information content (AvgIpc) is 2.73. The number of amides is 1. The minimum atomic E-state index is -0.230. The third-order valence-corrected chi connectivity index (χ3v) is 5.38. The molecular formula is C21H27N5O3. The molecule has 0 saturated carbocycles. The van der Waals surface area contributed by atoms with E-state index in [4.69, 9.17) is 9.47 Å². The predicted octanol–water partition coefficient (Wildman–Crippen LogP) is 1.09. The van der Waals surface area contributed by atoms with Gasteiger partial charge in [0.2, 0.25) is 0 Å². The number of benzene rings is 1. The van der Waals surface area contributed by atoms with E-state index in [9.17, 15) is 4.79 Å². The fraction of sp³-hybridized carbons (Fsp3) is 0.476. The van der Waals surface area contributed by atoms with Crippen LogP contribution in [0, 0.1) is 0 Å². The average molecular weight is 397 g/mol. The Bertz CT molecular complexity index is 843. The SMILES string of the molecule is COC(CNC(=O)c1cc(NC2COC2)ncn1)CN1CCc2ccccc2C1. The molecule has 4 rings (SSSR count). The van der Waals surface area contributed by atoms with Gasteiger partial charge in [-0.3, -0.25) is 9.69 Å². The van der Waals surface area contributed by atoms with Gasteiger partial charge < -0.3 is 20.1 Å². The van der Waals surface area contributed by atoms with Crippen molar-refractivity contribution in [2.75, 3.05) is 45.3 Å². The first-order chi connectivity index (χ1) is 14.2. The molecule has 0 radical (unpaired) electrons. The second-order valence-corrected chi connectivity index (χ2v) is 7.49. The first kappa shape index (κ1) is 19.8. The van der Waals surface area contributed by atoms with Crippen LogP contribution in [0.4, 0.5) is 5.82 Å². The molecule has 8 nitrogen and oxygen atoms in total. The maximum atomic E-state index is 12.5. The molecule has 3 heterocycles. The maximum absolute atomic E-state index is 12.5. The minimum Gasteiger partial charge on any atom is -0.378 e. The molecule has 2 N–H and O–H groups in total. The van der Waals surface area contributed by atoms with Gasteiger partial charge in [0.1, 0.15) is 17.8 Å².